The molecule has 1 heterocycles. The van der Waals surface area contributed by atoms with E-state index < -0.39 is 0 Å². The van der Waals surface area contributed by atoms with Gasteiger partial charge >= 0.3 is 0 Å². The number of aromatic nitrogens is 2. The van der Waals surface area contributed by atoms with Crippen LogP contribution >= 0.6 is 0 Å². The molecule has 0 amide bonds. The Hall–Kier alpha value is -3.33. The minimum Gasteiger partial charge on any atom is -0.710 e. The van der Waals surface area contributed by atoms with Crippen molar-refractivity contribution in [3.8, 4) is 22.5 Å². The van der Waals surface area contributed by atoms with Gasteiger partial charge in [0.05, 0.1) is 0 Å². The van der Waals surface area contributed by atoms with E-state index in [1.807, 2.05) is 83.4 Å². The van der Waals surface area contributed by atoms with Crippen LogP contribution in [0.25, 0.3) is 22.5 Å². The first-order chi connectivity index (χ1) is 12.3. The SMILES string of the molecule is [O-][n+]1cn(Cc2ccccc2)c(-c2ccccc2)c1-c1ccccc1. The van der Waals surface area contributed by atoms with E-state index in [9.17, 15) is 5.21 Å². The molecule has 0 atom stereocenters. The van der Waals surface area contributed by atoms with Gasteiger partial charge in [0.1, 0.15) is 6.54 Å². The number of imidazole rings is 1. The quantitative estimate of drug-likeness (QED) is 0.401. The van der Waals surface area contributed by atoms with E-state index in [0.717, 1.165) is 27.1 Å². The Labute approximate surface area is 147 Å². The normalized spacial score (nSPS) is 10.7. The average molecular weight is 326 g/mol. The molecule has 3 nitrogen and oxygen atoms in total. The summed E-state index contributed by atoms with van der Waals surface area (Å²) in [6, 6.07) is 30.1. The van der Waals surface area contributed by atoms with E-state index in [1.54, 1.807) is 6.33 Å². The Bertz CT molecular complexity index is 961. The van der Waals surface area contributed by atoms with Crippen LogP contribution in [0.5, 0.6) is 0 Å². The summed E-state index contributed by atoms with van der Waals surface area (Å²) >= 11 is 0. The monoisotopic (exact) mass is 326 g/mol. The van der Waals surface area contributed by atoms with Crippen LogP contribution < -0.4 is 4.73 Å². The lowest BCUT2D eigenvalue weighted by atomic mass is 10.0. The van der Waals surface area contributed by atoms with Crippen molar-refractivity contribution < 1.29 is 4.73 Å². The average Bonchev–Trinajstić information content (AvgIpc) is 2.99. The molecule has 1 aromatic heterocycles. The molecule has 0 fully saturated rings. The van der Waals surface area contributed by atoms with E-state index in [-0.39, 0.29) is 0 Å². The van der Waals surface area contributed by atoms with E-state index in [2.05, 4.69) is 12.1 Å². The van der Waals surface area contributed by atoms with Crippen molar-refractivity contribution in [3.63, 3.8) is 0 Å². The maximum absolute atomic E-state index is 12.7. The number of rotatable bonds is 4. The van der Waals surface area contributed by atoms with Crippen LogP contribution in [0.3, 0.4) is 0 Å². The van der Waals surface area contributed by atoms with Gasteiger partial charge in [-0.05, 0) is 5.56 Å². The minimum absolute atomic E-state index is 0.653. The lowest BCUT2D eigenvalue weighted by molar-refractivity contribution is -0.593. The van der Waals surface area contributed by atoms with Gasteiger partial charge in [0.15, 0.2) is 11.4 Å². The smallest absolute Gasteiger partial charge is 0.248 e. The fraction of sp³-hybridized carbons (Fsp3) is 0.0455. The van der Waals surface area contributed by atoms with Crippen LogP contribution in [0.15, 0.2) is 97.3 Å². The van der Waals surface area contributed by atoms with Gasteiger partial charge in [-0.15, -0.1) is 0 Å². The van der Waals surface area contributed by atoms with Crippen LogP contribution in [0.1, 0.15) is 5.56 Å². The van der Waals surface area contributed by atoms with E-state index in [1.165, 1.54) is 0 Å². The molecule has 25 heavy (non-hydrogen) atoms. The van der Waals surface area contributed by atoms with Crippen molar-refractivity contribution in [2.24, 2.45) is 0 Å². The second-order valence-corrected chi connectivity index (χ2v) is 5.98. The fourth-order valence-corrected chi connectivity index (χ4v) is 3.14. The molecule has 0 spiro atoms. The molecular formula is C22H18N2O. The topological polar surface area (TPSA) is 31.9 Å². The van der Waals surface area contributed by atoms with Crippen LogP contribution in [-0.4, -0.2) is 4.57 Å². The zero-order valence-electron chi connectivity index (χ0n) is 13.7. The molecule has 0 radical (unpaired) electrons. The predicted molar refractivity (Wildman–Crippen MR) is 99.8 cm³/mol. The highest BCUT2D eigenvalue weighted by molar-refractivity contribution is 5.76. The summed E-state index contributed by atoms with van der Waals surface area (Å²) in [6.07, 6.45) is 1.64. The maximum atomic E-state index is 12.7. The molecule has 0 saturated heterocycles. The molecule has 122 valence electrons. The molecule has 4 rings (SSSR count). The lowest BCUT2D eigenvalue weighted by Gasteiger charge is -2.07. The van der Waals surface area contributed by atoms with Gasteiger partial charge in [-0.3, -0.25) is 0 Å². The highest BCUT2D eigenvalue weighted by Gasteiger charge is 2.23. The van der Waals surface area contributed by atoms with Gasteiger partial charge in [-0.1, -0.05) is 91.0 Å². The molecule has 0 saturated carbocycles. The van der Waals surface area contributed by atoms with E-state index in [4.69, 9.17) is 0 Å². The van der Waals surface area contributed by atoms with Crippen molar-refractivity contribution >= 4 is 0 Å². The lowest BCUT2D eigenvalue weighted by Crippen LogP contribution is -2.25. The molecule has 0 aliphatic heterocycles. The molecule has 0 unspecified atom stereocenters. The van der Waals surface area contributed by atoms with Gasteiger partial charge in [0.2, 0.25) is 6.33 Å². The van der Waals surface area contributed by atoms with Gasteiger partial charge < -0.3 is 5.21 Å². The van der Waals surface area contributed by atoms with Crippen molar-refractivity contribution in [3.05, 3.63) is 108 Å². The standard InChI is InChI=1S/C22H18N2O/c25-24-17-23(16-18-10-4-1-5-11-18)21(19-12-6-2-7-13-19)22(24)20-14-8-3-9-15-20/h1-15,17H,16H2. The zero-order chi connectivity index (χ0) is 17.1. The van der Waals surface area contributed by atoms with E-state index in [0.29, 0.717) is 12.2 Å². The fourth-order valence-electron chi connectivity index (χ4n) is 3.14. The second-order valence-electron chi connectivity index (χ2n) is 5.98. The summed E-state index contributed by atoms with van der Waals surface area (Å²) in [5, 5.41) is 12.7. The minimum atomic E-state index is 0.653. The van der Waals surface area contributed by atoms with Crippen LogP contribution in [0.2, 0.25) is 0 Å². The van der Waals surface area contributed by atoms with Crippen molar-refractivity contribution in [1.29, 1.82) is 0 Å². The molecule has 0 aliphatic carbocycles. The third-order valence-electron chi connectivity index (χ3n) is 4.27. The third kappa shape index (κ3) is 3.04. The summed E-state index contributed by atoms with van der Waals surface area (Å²) in [6.45, 7) is 0.653. The Morgan fingerprint density at radius 3 is 1.80 bits per heavy atom. The molecule has 0 N–H and O–H groups in total. The molecule has 0 aliphatic rings. The highest BCUT2D eigenvalue weighted by Crippen LogP contribution is 2.30. The zero-order valence-corrected chi connectivity index (χ0v) is 13.7. The first-order valence-corrected chi connectivity index (χ1v) is 8.30. The molecule has 4 aromatic rings. The van der Waals surface area contributed by atoms with Crippen molar-refractivity contribution in [2.45, 2.75) is 6.54 Å². The number of benzene rings is 3. The molecular weight excluding hydrogens is 308 g/mol. The Kier molecular flexibility index (Phi) is 4.05. The van der Waals surface area contributed by atoms with Crippen molar-refractivity contribution in [2.75, 3.05) is 0 Å². The van der Waals surface area contributed by atoms with Gasteiger partial charge in [-0.2, -0.15) is 0 Å². The van der Waals surface area contributed by atoms with Crippen LogP contribution in [0.4, 0.5) is 0 Å². The Morgan fingerprint density at radius 1 is 0.680 bits per heavy atom. The Morgan fingerprint density at radius 2 is 1.20 bits per heavy atom. The van der Waals surface area contributed by atoms with Gasteiger partial charge in [-0.25, -0.2) is 9.30 Å². The summed E-state index contributed by atoms with van der Waals surface area (Å²) in [4.78, 5) is 0. The first-order valence-electron chi connectivity index (χ1n) is 8.30. The number of hydrogen-bond acceptors (Lipinski definition) is 1. The third-order valence-corrected chi connectivity index (χ3v) is 4.27. The predicted octanol–water partition coefficient (Wildman–Crippen LogP) is 4.50. The largest absolute Gasteiger partial charge is 0.710 e. The summed E-state index contributed by atoms with van der Waals surface area (Å²) in [5.41, 5.74) is 4.73. The second kappa shape index (κ2) is 6.65. The highest BCUT2D eigenvalue weighted by atomic mass is 16.5. The number of nitrogens with zero attached hydrogens (tertiary/aromatic N) is 2. The molecule has 3 aromatic carbocycles. The van der Waals surface area contributed by atoms with Gasteiger partial charge in [0, 0.05) is 11.1 Å². The molecule has 3 heteroatoms. The van der Waals surface area contributed by atoms with Crippen molar-refractivity contribution in [1.82, 2.24) is 4.57 Å². The van der Waals surface area contributed by atoms with Gasteiger partial charge in [0.25, 0.3) is 0 Å². The van der Waals surface area contributed by atoms with Crippen LogP contribution in [0, 0.1) is 5.21 Å². The maximum Gasteiger partial charge on any atom is 0.248 e. The molecule has 0 bridgehead atoms. The summed E-state index contributed by atoms with van der Waals surface area (Å²) in [5.74, 6) is 0. The first kappa shape index (κ1) is 15.2. The number of hydrogen-bond donors (Lipinski definition) is 0. The summed E-state index contributed by atoms with van der Waals surface area (Å²) < 4.78 is 3.00. The Balaban J connectivity index is 1.90. The van der Waals surface area contributed by atoms with E-state index >= 15 is 0 Å². The summed E-state index contributed by atoms with van der Waals surface area (Å²) in [7, 11) is 0. The van der Waals surface area contributed by atoms with Crippen LogP contribution in [-0.2, 0) is 6.54 Å².